The van der Waals surface area contributed by atoms with Crippen LogP contribution in [0.2, 0.25) is 0 Å². The number of ketones is 1. The van der Waals surface area contributed by atoms with E-state index < -0.39 is 5.78 Å². The summed E-state index contributed by atoms with van der Waals surface area (Å²) < 4.78 is 0. The number of allylic oxidation sites excluding steroid dienone is 4. The third-order valence-electron chi connectivity index (χ3n) is 4.05. The van der Waals surface area contributed by atoms with Gasteiger partial charge in [-0.15, -0.1) is 12.6 Å². The van der Waals surface area contributed by atoms with E-state index in [4.69, 9.17) is 0 Å². The topological polar surface area (TPSA) is 77.8 Å². The summed E-state index contributed by atoms with van der Waals surface area (Å²) in [7, 11) is 0. The molecule has 0 saturated carbocycles. The molecule has 0 unspecified atom stereocenters. The average molecular weight is 364 g/mol. The van der Waals surface area contributed by atoms with Crippen LogP contribution in [0, 0.1) is 0 Å². The van der Waals surface area contributed by atoms with Crippen LogP contribution in [0.4, 0.5) is 0 Å². The van der Waals surface area contributed by atoms with Gasteiger partial charge in [0.25, 0.3) is 0 Å². The van der Waals surface area contributed by atoms with Crippen LogP contribution in [0.15, 0.2) is 77.4 Å². The molecule has 5 heteroatoms. The summed E-state index contributed by atoms with van der Waals surface area (Å²) in [5.74, 6) is -1.41. The number of rotatable bonds is 3. The van der Waals surface area contributed by atoms with Crippen molar-refractivity contribution in [2.24, 2.45) is 0 Å². The molecule has 1 aliphatic carbocycles. The van der Waals surface area contributed by atoms with Crippen molar-refractivity contribution in [2.75, 3.05) is 0 Å². The molecule has 0 aromatic heterocycles. The van der Waals surface area contributed by atoms with E-state index in [0.29, 0.717) is 27.2 Å². The van der Waals surface area contributed by atoms with Gasteiger partial charge >= 0.3 is 0 Å². The lowest BCUT2D eigenvalue weighted by Gasteiger charge is -2.17. The van der Waals surface area contributed by atoms with E-state index in [0.717, 1.165) is 5.56 Å². The number of hydrogen-bond acceptors (Lipinski definition) is 5. The maximum absolute atomic E-state index is 11.6. The molecule has 0 atom stereocenters. The van der Waals surface area contributed by atoms with Gasteiger partial charge in [0.2, 0.25) is 5.78 Å². The molecular weight excluding hydrogens is 348 g/mol. The second-order valence-corrected chi connectivity index (χ2v) is 6.19. The predicted octanol–water partition coefficient (Wildman–Crippen LogP) is 4.41. The van der Waals surface area contributed by atoms with Gasteiger partial charge in [-0.1, -0.05) is 36.9 Å². The minimum atomic E-state index is -0.479. The summed E-state index contributed by atoms with van der Waals surface area (Å²) >= 11 is 4.50. The molecule has 2 aromatic carbocycles. The Morgan fingerprint density at radius 1 is 1.08 bits per heavy atom. The summed E-state index contributed by atoms with van der Waals surface area (Å²) in [4.78, 5) is 12.3. The molecule has 3 N–H and O–H groups in total. The Balaban J connectivity index is 2.36. The molecule has 4 nitrogen and oxygen atoms in total. The van der Waals surface area contributed by atoms with Crippen LogP contribution < -0.4 is 0 Å². The zero-order chi connectivity index (χ0) is 18.8. The van der Waals surface area contributed by atoms with E-state index in [-0.39, 0.29) is 17.3 Å². The van der Waals surface area contributed by atoms with Crippen molar-refractivity contribution >= 4 is 30.1 Å². The molecule has 0 fully saturated rings. The van der Waals surface area contributed by atoms with Gasteiger partial charge in [-0.05, 0) is 52.6 Å². The van der Waals surface area contributed by atoms with Crippen molar-refractivity contribution in [3.8, 4) is 11.5 Å². The first-order chi connectivity index (χ1) is 12.4. The third-order valence-corrected chi connectivity index (χ3v) is 4.44. The Hall–Kier alpha value is -3.18. The number of carbonyl (C=O) groups excluding carboxylic acids is 1. The zero-order valence-electron chi connectivity index (χ0n) is 13.7. The molecule has 0 radical (unpaired) electrons. The van der Waals surface area contributed by atoms with Crippen LogP contribution in [-0.2, 0) is 4.79 Å². The SMILES string of the molecule is C=Cc1cc(/C(=C2\C=CC(=O)C(O)=C2)c2ccccc2S)cc(O)c1O. The minimum absolute atomic E-state index is 0.264. The molecular formula is C21H16O4S. The number of carbonyl (C=O) groups is 1. The van der Waals surface area contributed by atoms with Crippen molar-refractivity contribution in [1.82, 2.24) is 0 Å². The van der Waals surface area contributed by atoms with E-state index in [2.05, 4.69) is 19.2 Å². The van der Waals surface area contributed by atoms with E-state index in [1.807, 2.05) is 24.3 Å². The van der Waals surface area contributed by atoms with Crippen molar-refractivity contribution in [2.45, 2.75) is 4.90 Å². The second kappa shape index (κ2) is 6.98. The molecule has 0 amide bonds. The number of phenols is 2. The largest absolute Gasteiger partial charge is 0.504 e. The number of benzene rings is 2. The van der Waals surface area contributed by atoms with E-state index in [1.165, 1.54) is 24.3 Å². The standard InChI is InChI=1S/C21H16O4S/c1-2-12-9-14(11-18(24)21(12)25)20(15-5-3-4-6-19(15)26)13-7-8-16(22)17(23)10-13/h2-11,23-26H,1H2/b20-13-. The lowest BCUT2D eigenvalue weighted by molar-refractivity contribution is -0.113. The number of aromatic hydroxyl groups is 2. The second-order valence-electron chi connectivity index (χ2n) is 5.71. The molecule has 2 aromatic rings. The number of hydrogen-bond donors (Lipinski definition) is 4. The van der Waals surface area contributed by atoms with Crippen LogP contribution in [0.1, 0.15) is 16.7 Å². The molecule has 0 heterocycles. The fourth-order valence-corrected chi connectivity index (χ4v) is 3.05. The monoisotopic (exact) mass is 364 g/mol. The fourth-order valence-electron chi connectivity index (χ4n) is 2.78. The molecule has 26 heavy (non-hydrogen) atoms. The minimum Gasteiger partial charge on any atom is -0.504 e. The van der Waals surface area contributed by atoms with Crippen molar-refractivity contribution in [3.05, 3.63) is 89.2 Å². The van der Waals surface area contributed by atoms with Crippen LogP contribution in [0.25, 0.3) is 11.6 Å². The van der Waals surface area contributed by atoms with E-state index >= 15 is 0 Å². The Kier molecular flexibility index (Phi) is 4.73. The molecule has 0 bridgehead atoms. The highest BCUT2D eigenvalue weighted by molar-refractivity contribution is 7.80. The lowest BCUT2D eigenvalue weighted by Crippen LogP contribution is -2.04. The van der Waals surface area contributed by atoms with Crippen molar-refractivity contribution in [1.29, 1.82) is 0 Å². The first kappa shape index (κ1) is 17.6. The van der Waals surface area contributed by atoms with Crippen molar-refractivity contribution in [3.63, 3.8) is 0 Å². The molecule has 3 rings (SSSR count). The highest BCUT2D eigenvalue weighted by atomic mass is 32.1. The van der Waals surface area contributed by atoms with Gasteiger partial charge in [0.15, 0.2) is 17.3 Å². The van der Waals surface area contributed by atoms with Gasteiger partial charge in [-0.3, -0.25) is 4.79 Å². The highest BCUT2D eigenvalue weighted by Crippen LogP contribution is 2.39. The molecule has 0 aliphatic heterocycles. The van der Waals surface area contributed by atoms with Gasteiger partial charge in [0, 0.05) is 10.5 Å². The number of aliphatic hydroxyl groups excluding tert-OH is 1. The molecule has 1 aliphatic rings. The summed E-state index contributed by atoms with van der Waals surface area (Å²) in [5, 5.41) is 29.9. The zero-order valence-corrected chi connectivity index (χ0v) is 14.6. The van der Waals surface area contributed by atoms with Gasteiger partial charge in [-0.2, -0.15) is 0 Å². The average Bonchev–Trinajstić information content (AvgIpc) is 2.62. The smallest absolute Gasteiger partial charge is 0.220 e. The maximum Gasteiger partial charge on any atom is 0.220 e. The molecule has 0 spiro atoms. The van der Waals surface area contributed by atoms with Crippen LogP contribution in [0.3, 0.4) is 0 Å². The Morgan fingerprint density at radius 2 is 1.81 bits per heavy atom. The summed E-state index contributed by atoms with van der Waals surface area (Å²) in [6.07, 6.45) is 5.67. The fraction of sp³-hybridized carbons (Fsp3) is 0. The van der Waals surface area contributed by atoms with Crippen LogP contribution >= 0.6 is 12.6 Å². The first-order valence-corrected chi connectivity index (χ1v) is 8.21. The van der Waals surface area contributed by atoms with Crippen LogP contribution in [0.5, 0.6) is 11.5 Å². The number of aliphatic hydroxyl groups is 1. The molecule has 0 saturated heterocycles. The summed E-state index contributed by atoms with van der Waals surface area (Å²) in [6.45, 7) is 3.65. The van der Waals surface area contributed by atoms with Crippen LogP contribution in [-0.4, -0.2) is 21.1 Å². The Labute approximate surface area is 156 Å². The van der Waals surface area contributed by atoms with Gasteiger partial charge in [0.1, 0.15) is 0 Å². The Bertz CT molecular complexity index is 1010. The predicted molar refractivity (Wildman–Crippen MR) is 104 cm³/mol. The van der Waals surface area contributed by atoms with Gasteiger partial charge in [0.05, 0.1) is 0 Å². The van der Waals surface area contributed by atoms with Gasteiger partial charge < -0.3 is 15.3 Å². The third kappa shape index (κ3) is 3.17. The van der Waals surface area contributed by atoms with E-state index in [1.54, 1.807) is 12.1 Å². The van der Waals surface area contributed by atoms with Crippen molar-refractivity contribution < 1.29 is 20.1 Å². The summed E-state index contributed by atoms with van der Waals surface area (Å²) in [6, 6.07) is 10.4. The lowest BCUT2D eigenvalue weighted by atomic mass is 9.89. The normalized spacial score (nSPS) is 15.6. The highest BCUT2D eigenvalue weighted by Gasteiger charge is 2.19. The Morgan fingerprint density at radius 3 is 2.46 bits per heavy atom. The van der Waals surface area contributed by atoms with Gasteiger partial charge in [-0.25, -0.2) is 0 Å². The maximum atomic E-state index is 11.6. The quantitative estimate of drug-likeness (QED) is 0.480. The summed E-state index contributed by atoms with van der Waals surface area (Å²) in [5.41, 5.74) is 2.90. The number of phenolic OH excluding ortho intramolecular Hbond substituents is 2. The molecule has 130 valence electrons. The number of thiol groups is 1. The first-order valence-electron chi connectivity index (χ1n) is 7.77. The van der Waals surface area contributed by atoms with E-state index in [9.17, 15) is 20.1 Å².